The Morgan fingerprint density at radius 3 is 2.45 bits per heavy atom. The Hall–Kier alpha value is -3.03. The van der Waals surface area contributed by atoms with E-state index < -0.39 is 15.5 Å². The molecule has 20 heavy (non-hydrogen) atoms. The summed E-state index contributed by atoms with van der Waals surface area (Å²) in [4.78, 5) is 20.1. The molecule has 0 aromatic heterocycles. The van der Waals surface area contributed by atoms with E-state index in [1.807, 2.05) is 24.3 Å². The van der Waals surface area contributed by atoms with Crippen LogP contribution in [0.3, 0.4) is 0 Å². The van der Waals surface area contributed by atoms with Gasteiger partial charge in [-0.25, -0.2) is 0 Å². The molecule has 1 aliphatic rings. The largest absolute Gasteiger partial charge is 0.301 e. The zero-order valence-electron chi connectivity index (χ0n) is 10.2. The third-order valence-electron chi connectivity index (χ3n) is 2.60. The fourth-order valence-corrected chi connectivity index (χ4v) is 1.62. The molecule has 1 N–H and O–H groups in total. The van der Waals surface area contributed by atoms with Gasteiger partial charge in [-0.05, 0) is 6.07 Å². The SMILES string of the molecule is O=[N+]([O-])c1ccc(N/N=C/C2C=CC=C2)c([N+](=O)[O-])c1. The highest BCUT2D eigenvalue weighted by atomic mass is 16.6. The lowest BCUT2D eigenvalue weighted by Gasteiger charge is -2.02. The van der Waals surface area contributed by atoms with E-state index in [2.05, 4.69) is 10.5 Å². The molecular formula is C12H10N4O4. The van der Waals surface area contributed by atoms with Crippen molar-refractivity contribution in [2.24, 2.45) is 11.0 Å². The average molecular weight is 274 g/mol. The molecule has 1 aromatic rings. The van der Waals surface area contributed by atoms with Gasteiger partial charge in [-0.3, -0.25) is 25.7 Å². The maximum absolute atomic E-state index is 10.9. The lowest BCUT2D eigenvalue weighted by Crippen LogP contribution is -2.00. The second-order valence-electron chi connectivity index (χ2n) is 3.95. The number of rotatable bonds is 5. The van der Waals surface area contributed by atoms with E-state index in [-0.39, 0.29) is 17.3 Å². The van der Waals surface area contributed by atoms with Crippen LogP contribution in [0.1, 0.15) is 0 Å². The second-order valence-corrected chi connectivity index (χ2v) is 3.95. The number of nitro benzene ring substituents is 2. The quantitative estimate of drug-likeness (QED) is 0.504. The fraction of sp³-hybridized carbons (Fsp3) is 0.0833. The van der Waals surface area contributed by atoms with E-state index in [9.17, 15) is 20.2 Å². The Bertz CT molecular complexity index is 624. The first-order valence-corrected chi connectivity index (χ1v) is 5.65. The minimum atomic E-state index is -0.694. The van der Waals surface area contributed by atoms with E-state index >= 15 is 0 Å². The maximum atomic E-state index is 10.9. The third-order valence-corrected chi connectivity index (χ3v) is 2.60. The summed E-state index contributed by atoms with van der Waals surface area (Å²) in [6.45, 7) is 0. The first-order valence-electron chi connectivity index (χ1n) is 5.65. The van der Waals surface area contributed by atoms with Crippen LogP contribution in [0.4, 0.5) is 17.1 Å². The van der Waals surface area contributed by atoms with Gasteiger partial charge in [0, 0.05) is 18.2 Å². The van der Waals surface area contributed by atoms with Gasteiger partial charge < -0.3 is 0 Å². The number of non-ortho nitro benzene ring substituents is 1. The van der Waals surface area contributed by atoms with Crippen LogP contribution in [0.25, 0.3) is 0 Å². The van der Waals surface area contributed by atoms with Crippen molar-refractivity contribution in [2.75, 3.05) is 5.43 Å². The van der Waals surface area contributed by atoms with Gasteiger partial charge in [0.15, 0.2) is 0 Å². The molecule has 0 fully saturated rings. The Kier molecular flexibility index (Phi) is 3.85. The van der Waals surface area contributed by atoms with Gasteiger partial charge in [-0.15, -0.1) is 0 Å². The standard InChI is InChI=1S/C12H10N4O4/c17-15(18)10-5-6-11(12(7-10)16(19)20)14-13-8-9-3-1-2-4-9/h1-9,14H/b13-8+. The zero-order valence-corrected chi connectivity index (χ0v) is 10.2. The van der Waals surface area contributed by atoms with Crippen LogP contribution in [0.5, 0.6) is 0 Å². The molecule has 0 atom stereocenters. The van der Waals surface area contributed by atoms with E-state index in [4.69, 9.17) is 0 Å². The topological polar surface area (TPSA) is 111 Å². The summed E-state index contributed by atoms with van der Waals surface area (Å²) in [5.41, 5.74) is 1.89. The van der Waals surface area contributed by atoms with Crippen LogP contribution in [0.15, 0.2) is 47.6 Å². The molecule has 2 rings (SSSR count). The highest BCUT2D eigenvalue weighted by molar-refractivity contribution is 5.71. The molecule has 0 amide bonds. The zero-order chi connectivity index (χ0) is 14.5. The van der Waals surface area contributed by atoms with Gasteiger partial charge in [0.05, 0.1) is 15.9 Å². The molecule has 0 radical (unpaired) electrons. The molecule has 8 nitrogen and oxygen atoms in total. The molecular weight excluding hydrogens is 264 g/mol. The highest BCUT2D eigenvalue weighted by Gasteiger charge is 2.19. The maximum Gasteiger partial charge on any atom is 0.301 e. The minimum Gasteiger partial charge on any atom is -0.272 e. The number of nitrogens with one attached hydrogen (secondary N) is 1. The number of benzene rings is 1. The molecule has 0 spiro atoms. The molecule has 102 valence electrons. The monoisotopic (exact) mass is 274 g/mol. The number of nitro groups is 2. The predicted molar refractivity (Wildman–Crippen MR) is 73.6 cm³/mol. The van der Waals surface area contributed by atoms with Crippen molar-refractivity contribution >= 4 is 23.3 Å². The number of hydrogen-bond acceptors (Lipinski definition) is 6. The lowest BCUT2D eigenvalue weighted by atomic mass is 10.2. The number of allylic oxidation sites excluding steroid dienone is 4. The van der Waals surface area contributed by atoms with Crippen LogP contribution >= 0.6 is 0 Å². The molecule has 0 bridgehead atoms. The first-order chi connectivity index (χ1) is 9.58. The highest BCUT2D eigenvalue weighted by Crippen LogP contribution is 2.28. The summed E-state index contributed by atoms with van der Waals surface area (Å²) in [5, 5.41) is 25.4. The summed E-state index contributed by atoms with van der Waals surface area (Å²) < 4.78 is 0. The average Bonchev–Trinajstić information content (AvgIpc) is 2.91. The lowest BCUT2D eigenvalue weighted by molar-refractivity contribution is -0.393. The van der Waals surface area contributed by atoms with Crippen molar-refractivity contribution in [3.63, 3.8) is 0 Å². The minimum absolute atomic E-state index is 0.0413. The van der Waals surface area contributed by atoms with Gasteiger partial charge in [0.2, 0.25) is 0 Å². The first kappa shape index (κ1) is 13.4. The molecule has 8 heteroatoms. The summed E-state index contributed by atoms with van der Waals surface area (Å²) >= 11 is 0. The van der Waals surface area contributed by atoms with Gasteiger partial charge in [0.25, 0.3) is 5.69 Å². The van der Waals surface area contributed by atoms with Crippen molar-refractivity contribution in [1.82, 2.24) is 0 Å². The van der Waals surface area contributed by atoms with Gasteiger partial charge in [0.1, 0.15) is 5.69 Å². The summed E-state index contributed by atoms with van der Waals surface area (Å²) in [5.74, 6) is 0.0413. The Labute approximate surface area is 113 Å². The smallest absolute Gasteiger partial charge is 0.272 e. The number of hydrazone groups is 1. The summed E-state index contributed by atoms with van der Waals surface area (Å²) in [6, 6.07) is 3.33. The Morgan fingerprint density at radius 1 is 1.15 bits per heavy atom. The number of anilines is 1. The normalized spacial score (nSPS) is 14.0. The van der Waals surface area contributed by atoms with Crippen molar-refractivity contribution < 1.29 is 9.85 Å². The number of nitrogens with zero attached hydrogens (tertiary/aromatic N) is 3. The van der Waals surface area contributed by atoms with Gasteiger partial charge >= 0.3 is 5.69 Å². The molecule has 1 aromatic carbocycles. The van der Waals surface area contributed by atoms with Crippen molar-refractivity contribution in [2.45, 2.75) is 0 Å². The molecule has 0 aliphatic heterocycles. The van der Waals surface area contributed by atoms with Crippen LogP contribution in [-0.2, 0) is 0 Å². The van der Waals surface area contributed by atoms with E-state index in [0.29, 0.717) is 0 Å². The fourth-order valence-electron chi connectivity index (χ4n) is 1.62. The molecule has 1 aliphatic carbocycles. The van der Waals surface area contributed by atoms with E-state index in [1.54, 1.807) is 6.21 Å². The summed E-state index contributed by atoms with van der Waals surface area (Å²) in [6.07, 6.45) is 9.10. The van der Waals surface area contributed by atoms with Gasteiger partial charge in [-0.2, -0.15) is 5.10 Å². The van der Waals surface area contributed by atoms with Crippen molar-refractivity contribution in [3.8, 4) is 0 Å². The third kappa shape index (κ3) is 3.05. The van der Waals surface area contributed by atoms with Crippen molar-refractivity contribution in [1.29, 1.82) is 0 Å². The van der Waals surface area contributed by atoms with Gasteiger partial charge in [-0.1, -0.05) is 24.3 Å². The van der Waals surface area contributed by atoms with E-state index in [0.717, 1.165) is 6.07 Å². The van der Waals surface area contributed by atoms with Crippen molar-refractivity contribution in [3.05, 3.63) is 62.7 Å². The molecule has 0 saturated heterocycles. The number of hydrogen-bond donors (Lipinski definition) is 1. The van der Waals surface area contributed by atoms with Crippen LogP contribution in [-0.4, -0.2) is 16.1 Å². The molecule has 0 unspecified atom stereocenters. The predicted octanol–water partition coefficient (Wildman–Crippen LogP) is 2.64. The second kappa shape index (κ2) is 5.74. The Morgan fingerprint density at radius 2 is 1.85 bits per heavy atom. The van der Waals surface area contributed by atoms with E-state index in [1.165, 1.54) is 12.1 Å². The molecule has 0 heterocycles. The van der Waals surface area contributed by atoms with Crippen LogP contribution < -0.4 is 5.43 Å². The van der Waals surface area contributed by atoms with Crippen LogP contribution in [0.2, 0.25) is 0 Å². The summed E-state index contributed by atoms with van der Waals surface area (Å²) in [7, 11) is 0. The Balaban J connectivity index is 2.18. The van der Waals surface area contributed by atoms with Crippen LogP contribution in [0, 0.1) is 26.1 Å². The molecule has 0 saturated carbocycles.